The fourth-order valence-electron chi connectivity index (χ4n) is 3.09. The van der Waals surface area contributed by atoms with E-state index in [9.17, 15) is 18.0 Å². The first-order valence-corrected chi connectivity index (χ1v) is 12.5. The third kappa shape index (κ3) is 6.31. The maximum Gasteiger partial charge on any atom is 0.243 e. The van der Waals surface area contributed by atoms with Gasteiger partial charge in [-0.25, -0.2) is 8.42 Å². The standard InChI is InChI=1S/C20H26N4O5S2/c1-14-12-18(23-29-14)22-20(26)15(2)30-13-19(25)21-16-6-8-17(9-7-16)31(27,28)24-10-4-3-5-11-24/h6-9,12,15H,3-5,10-11,13H2,1-2H3,(H,21,25)(H,22,23,26). The van der Waals surface area contributed by atoms with Crippen LogP contribution in [0.1, 0.15) is 31.9 Å². The van der Waals surface area contributed by atoms with Crippen LogP contribution >= 0.6 is 11.8 Å². The molecule has 168 valence electrons. The lowest BCUT2D eigenvalue weighted by molar-refractivity contribution is -0.115. The molecule has 2 heterocycles. The van der Waals surface area contributed by atoms with E-state index in [1.165, 1.54) is 28.2 Å². The third-order valence-corrected chi connectivity index (χ3v) is 7.86. The average molecular weight is 467 g/mol. The van der Waals surface area contributed by atoms with Gasteiger partial charge in [-0.15, -0.1) is 11.8 Å². The van der Waals surface area contributed by atoms with Crippen molar-refractivity contribution < 1.29 is 22.5 Å². The zero-order valence-electron chi connectivity index (χ0n) is 17.5. The summed E-state index contributed by atoms with van der Waals surface area (Å²) in [6.45, 7) is 4.50. The van der Waals surface area contributed by atoms with E-state index in [0.29, 0.717) is 30.4 Å². The van der Waals surface area contributed by atoms with Gasteiger partial charge in [0.2, 0.25) is 21.8 Å². The Morgan fingerprint density at radius 3 is 2.45 bits per heavy atom. The number of thioether (sulfide) groups is 1. The highest BCUT2D eigenvalue weighted by Crippen LogP contribution is 2.22. The van der Waals surface area contributed by atoms with E-state index in [1.54, 1.807) is 32.0 Å². The van der Waals surface area contributed by atoms with Crippen LogP contribution in [0.15, 0.2) is 39.8 Å². The molecular weight excluding hydrogens is 440 g/mol. The second kappa shape index (κ2) is 10.3. The van der Waals surface area contributed by atoms with Gasteiger partial charge >= 0.3 is 0 Å². The van der Waals surface area contributed by atoms with Crippen LogP contribution in [0.5, 0.6) is 0 Å². The monoisotopic (exact) mass is 466 g/mol. The van der Waals surface area contributed by atoms with Crippen LogP contribution in [0.25, 0.3) is 0 Å². The molecule has 1 aliphatic rings. The van der Waals surface area contributed by atoms with E-state index in [0.717, 1.165) is 19.3 Å². The summed E-state index contributed by atoms with van der Waals surface area (Å²) in [6, 6.07) is 7.76. The number of nitrogens with zero attached hydrogens (tertiary/aromatic N) is 2. The Bertz CT molecular complexity index is 1010. The van der Waals surface area contributed by atoms with E-state index >= 15 is 0 Å². The van der Waals surface area contributed by atoms with Crippen molar-refractivity contribution in [3.05, 3.63) is 36.1 Å². The molecule has 3 rings (SSSR count). The Kier molecular flexibility index (Phi) is 7.74. The van der Waals surface area contributed by atoms with Crippen LogP contribution in [-0.4, -0.2) is 53.8 Å². The van der Waals surface area contributed by atoms with Crippen molar-refractivity contribution in [3.8, 4) is 0 Å². The van der Waals surface area contributed by atoms with Crippen molar-refractivity contribution in [1.29, 1.82) is 0 Å². The first-order valence-electron chi connectivity index (χ1n) is 10.0. The quantitative estimate of drug-likeness (QED) is 0.613. The van der Waals surface area contributed by atoms with Crippen LogP contribution in [0.2, 0.25) is 0 Å². The minimum absolute atomic E-state index is 0.0697. The molecule has 1 fully saturated rings. The number of aromatic nitrogens is 1. The van der Waals surface area contributed by atoms with Gasteiger partial charge in [0.05, 0.1) is 15.9 Å². The maximum atomic E-state index is 12.7. The van der Waals surface area contributed by atoms with Crippen molar-refractivity contribution in [3.63, 3.8) is 0 Å². The summed E-state index contributed by atoms with van der Waals surface area (Å²) >= 11 is 1.18. The van der Waals surface area contributed by atoms with Gasteiger partial charge in [0.25, 0.3) is 0 Å². The highest BCUT2D eigenvalue weighted by molar-refractivity contribution is 8.01. The predicted molar refractivity (Wildman–Crippen MR) is 119 cm³/mol. The third-order valence-electron chi connectivity index (χ3n) is 4.80. The zero-order chi connectivity index (χ0) is 22.4. The van der Waals surface area contributed by atoms with Gasteiger partial charge in [0, 0.05) is 24.8 Å². The lowest BCUT2D eigenvalue weighted by Gasteiger charge is -2.25. The molecule has 0 spiro atoms. The molecule has 31 heavy (non-hydrogen) atoms. The molecule has 1 unspecified atom stereocenters. The number of rotatable bonds is 8. The minimum Gasteiger partial charge on any atom is -0.360 e. The van der Waals surface area contributed by atoms with Crippen molar-refractivity contribution in [1.82, 2.24) is 9.46 Å². The normalized spacial score (nSPS) is 15.9. The van der Waals surface area contributed by atoms with Gasteiger partial charge in [0.1, 0.15) is 5.76 Å². The summed E-state index contributed by atoms with van der Waals surface area (Å²) in [4.78, 5) is 24.6. The Morgan fingerprint density at radius 2 is 1.84 bits per heavy atom. The van der Waals surface area contributed by atoms with Gasteiger partial charge in [0.15, 0.2) is 5.82 Å². The minimum atomic E-state index is -3.50. The first-order chi connectivity index (χ1) is 14.8. The SMILES string of the molecule is Cc1cc(NC(=O)C(C)SCC(=O)Nc2ccc(S(=O)(=O)N3CCCCC3)cc2)no1. The number of amides is 2. The van der Waals surface area contributed by atoms with Crippen LogP contribution < -0.4 is 10.6 Å². The number of anilines is 2. The van der Waals surface area contributed by atoms with Crippen LogP contribution in [0.4, 0.5) is 11.5 Å². The number of carbonyl (C=O) groups is 2. The Hall–Kier alpha value is -2.37. The lowest BCUT2D eigenvalue weighted by atomic mass is 10.2. The van der Waals surface area contributed by atoms with E-state index < -0.39 is 15.3 Å². The Labute approximate surface area is 186 Å². The Balaban J connectivity index is 1.48. The molecule has 11 heteroatoms. The number of sulfonamides is 1. The molecule has 1 aromatic heterocycles. The summed E-state index contributed by atoms with van der Waals surface area (Å²) < 4.78 is 31.8. The van der Waals surface area contributed by atoms with Crippen LogP contribution in [0, 0.1) is 6.92 Å². The maximum absolute atomic E-state index is 12.7. The molecule has 1 atom stereocenters. The summed E-state index contributed by atoms with van der Waals surface area (Å²) in [5.74, 6) is 0.427. The number of aryl methyl sites for hydroxylation is 1. The highest BCUT2D eigenvalue weighted by atomic mass is 32.2. The molecule has 2 amide bonds. The van der Waals surface area contributed by atoms with Crippen molar-refractivity contribution in [2.75, 3.05) is 29.5 Å². The summed E-state index contributed by atoms with van der Waals surface area (Å²) in [5, 5.41) is 8.58. The van der Waals surface area contributed by atoms with Gasteiger partial charge in [-0.3, -0.25) is 9.59 Å². The lowest BCUT2D eigenvalue weighted by Crippen LogP contribution is -2.35. The number of nitrogens with one attached hydrogen (secondary N) is 2. The highest BCUT2D eigenvalue weighted by Gasteiger charge is 2.25. The van der Waals surface area contributed by atoms with Gasteiger partial charge in [-0.05, 0) is 51.0 Å². The van der Waals surface area contributed by atoms with Crippen molar-refractivity contribution in [2.45, 2.75) is 43.3 Å². The summed E-state index contributed by atoms with van der Waals surface area (Å²) in [6.07, 6.45) is 2.80. The smallest absolute Gasteiger partial charge is 0.243 e. The molecule has 2 aromatic rings. The molecule has 0 saturated carbocycles. The van der Waals surface area contributed by atoms with E-state index in [-0.39, 0.29) is 22.5 Å². The number of hydrogen-bond donors (Lipinski definition) is 2. The molecule has 0 aliphatic carbocycles. The molecule has 1 aromatic carbocycles. The first kappa shape index (κ1) is 23.3. The number of hydrogen-bond acceptors (Lipinski definition) is 7. The topological polar surface area (TPSA) is 122 Å². The van der Waals surface area contributed by atoms with Gasteiger partial charge in [-0.2, -0.15) is 4.31 Å². The molecule has 2 N–H and O–H groups in total. The Morgan fingerprint density at radius 1 is 1.16 bits per heavy atom. The number of piperidine rings is 1. The molecule has 0 radical (unpaired) electrons. The van der Waals surface area contributed by atoms with Crippen molar-refractivity contribution >= 4 is 45.1 Å². The molecule has 1 aliphatic heterocycles. The van der Waals surface area contributed by atoms with E-state index in [1.807, 2.05) is 0 Å². The average Bonchev–Trinajstić information content (AvgIpc) is 3.17. The van der Waals surface area contributed by atoms with Gasteiger partial charge < -0.3 is 15.2 Å². The fourth-order valence-corrected chi connectivity index (χ4v) is 5.29. The molecule has 0 bridgehead atoms. The van der Waals surface area contributed by atoms with E-state index in [2.05, 4.69) is 15.8 Å². The van der Waals surface area contributed by atoms with Gasteiger partial charge in [-0.1, -0.05) is 11.6 Å². The largest absolute Gasteiger partial charge is 0.360 e. The summed E-state index contributed by atoms with van der Waals surface area (Å²) in [7, 11) is -3.50. The number of benzene rings is 1. The number of carbonyl (C=O) groups excluding carboxylic acids is 2. The molecule has 9 nitrogen and oxygen atoms in total. The predicted octanol–water partition coefficient (Wildman–Crippen LogP) is 2.86. The van der Waals surface area contributed by atoms with Crippen LogP contribution in [0.3, 0.4) is 0 Å². The molecular formula is C20H26N4O5S2. The van der Waals surface area contributed by atoms with Crippen LogP contribution in [-0.2, 0) is 19.6 Å². The van der Waals surface area contributed by atoms with E-state index in [4.69, 9.17) is 4.52 Å². The summed E-state index contributed by atoms with van der Waals surface area (Å²) in [5.41, 5.74) is 0.498. The second-order valence-corrected chi connectivity index (χ2v) is 10.6. The fraction of sp³-hybridized carbons (Fsp3) is 0.450. The second-order valence-electron chi connectivity index (χ2n) is 7.30. The molecule has 1 saturated heterocycles. The van der Waals surface area contributed by atoms with Crippen molar-refractivity contribution in [2.24, 2.45) is 0 Å². The zero-order valence-corrected chi connectivity index (χ0v) is 19.1.